The summed E-state index contributed by atoms with van der Waals surface area (Å²) in [6.45, 7) is 0. The zero-order valence-corrected chi connectivity index (χ0v) is 12.6. The predicted molar refractivity (Wildman–Crippen MR) is 82.1 cm³/mol. The number of benzene rings is 1. The minimum absolute atomic E-state index is 0.498. The first-order valence-corrected chi connectivity index (χ1v) is 7.29. The van der Waals surface area contributed by atoms with Crippen LogP contribution in [0.2, 0.25) is 5.02 Å². The zero-order valence-electron chi connectivity index (χ0n) is 11.1. The Morgan fingerprint density at radius 1 is 1.24 bits per heavy atom. The normalized spacial score (nSPS) is 10.6. The van der Waals surface area contributed by atoms with Crippen LogP contribution in [-0.2, 0) is 0 Å². The quantitative estimate of drug-likeness (QED) is 0.797. The molecule has 0 aliphatic rings. The first-order chi connectivity index (χ1) is 10.2. The maximum Gasteiger partial charge on any atom is 0.240 e. The van der Waals surface area contributed by atoms with Crippen molar-refractivity contribution in [1.82, 2.24) is 24.5 Å². The topological polar surface area (TPSA) is 68.5 Å². The van der Waals surface area contributed by atoms with Crippen molar-refractivity contribution >= 4 is 29.3 Å². The predicted octanol–water partition coefficient (Wildman–Crippen LogP) is 2.90. The molecular weight excluding hydrogens is 308 g/mol. The van der Waals surface area contributed by atoms with Gasteiger partial charge in [-0.1, -0.05) is 17.7 Å². The SMILES string of the molecule is CNc1nc(Sc2cccc(Cl)c2)nc(-n2ccnc2)n1. The molecule has 0 saturated heterocycles. The van der Waals surface area contributed by atoms with E-state index < -0.39 is 0 Å². The smallest absolute Gasteiger partial charge is 0.240 e. The number of anilines is 1. The lowest BCUT2D eigenvalue weighted by atomic mass is 10.4. The van der Waals surface area contributed by atoms with Gasteiger partial charge in [0.25, 0.3) is 0 Å². The molecule has 21 heavy (non-hydrogen) atoms. The van der Waals surface area contributed by atoms with Crippen LogP contribution in [0.5, 0.6) is 0 Å². The lowest BCUT2D eigenvalue weighted by Gasteiger charge is -2.06. The molecule has 0 amide bonds. The van der Waals surface area contributed by atoms with Crippen LogP contribution < -0.4 is 5.32 Å². The number of nitrogens with zero attached hydrogens (tertiary/aromatic N) is 5. The lowest BCUT2D eigenvalue weighted by molar-refractivity contribution is 0.828. The lowest BCUT2D eigenvalue weighted by Crippen LogP contribution is -2.06. The van der Waals surface area contributed by atoms with E-state index in [2.05, 4.69) is 25.3 Å². The highest BCUT2D eigenvalue weighted by molar-refractivity contribution is 7.99. The third-order valence-corrected chi connectivity index (χ3v) is 3.66. The van der Waals surface area contributed by atoms with E-state index in [0.29, 0.717) is 22.1 Å². The molecule has 0 atom stereocenters. The Morgan fingerprint density at radius 2 is 2.14 bits per heavy atom. The number of imidazole rings is 1. The highest BCUT2D eigenvalue weighted by Gasteiger charge is 2.09. The van der Waals surface area contributed by atoms with Crippen LogP contribution in [0.4, 0.5) is 5.95 Å². The fraction of sp³-hybridized carbons (Fsp3) is 0.0769. The molecule has 2 aromatic heterocycles. The molecule has 6 nitrogen and oxygen atoms in total. The van der Waals surface area contributed by atoms with Crippen molar-refractivity contribution in [1.29, 1.82) is 0 Å². The average Bonchev–Trinajstić information content (AvgIpc) is 3.01. The maximum absolute atomic E-state index is 5.99. The fourth-order valence-electron chi connectivity index (χ4n) is 1.63. The van der Waals surface area contributed by atoms with Crippen molar-refractivity contribution in [2.75, 3.05) is 12.4 Å². The molecule has 106 valence electrons. The van der Waals surface area contributed by atoms with E-state index in [1.165, 1.54) is 11.8 Å². The molecule has 2 heterocycles. The Morgan fingerprint density at radius 3 is 2.86 bits per heavy atom. The van der Waals surface area contributed by atoms with E-state index in [1.54, 1.807) is 30.3 Å². The van der Waals surface area contributed by atoms with Crippen molar-refractivity contribution in [3.8, 4) is 5.95 Å². The summed E-state index contributed by atoms with van der Waals surface area (Å²) in [4.78, 5) is 18.0. The van der Waals surface area contributed by atoms with Gasteiger partial charge in [-0.15, -0.1) is 0 Å². The molecule has 0 radical (unpaired) electrons. The van der Waals surface area contributed by atoms with Crippen LogP contribution >= 0.6 is 23.4 Å². The monoisotopic (exact) mass is 318 g/mol. The summed E-state index contributed by atoms with van der Waals surface area (Å²) in [6, 6.07) is 7.54. The van der Waals surface area contributed by atoms with Gasteiger partial charge in [0.05, 0.1) is 0 Å². The number of rotatable bonds is 4. The number of hydrogen-bond acceptors (Lipinski definition) is 6. The summed E-state index contributed by atoms with van der Waals surface area (Å²) in [5, 5.41) is 4.19. The molecule has 0 aliphatic carbocycles. The average molecular weight is 319 g/mol. The van der Waals surface area contributed by atoms with Crippen molar-refractivity contribution in [3.05, 3.63) is 48.0 Å². The Balaban J connectivity index is 1.96. The Labute approximate surface area is 130 Å². The van der Waals surface area contributed by atoms with Crippen LogP contribution in [0.3, 0.4) is 0 Å². The van der Waals surface area contributed by atoms with E-state index in [9.17, 15) is 0 Å². The summed E-state index contributed by atoms with van der Waals surface area (Å²) in [5.74, 6) is 1.01. The van der Waals surface area contributed by atoms with E-state index in [0.717, 1.165) is 4.90 Å². The molecule has 0 aliphatic heterocycles. The van der Waals surface area contributed by atoms with Gasteiger partial charge < -0.3 is 5.32 Å². The second-order valence-electron chi connectivity index (χ2n) is 4.02. The summed E-state index contributed by atoms with van der Waals surface area (Å²) in [5.41, 5.74) is 0. The summed E-state index contributed by atoms with van der Waals surface area (Å²) in [7, 11) is 1.76. The first kappa shape index (κ1) is 13.8. The van der Waals surface area contributed by atoms with Crippen molar-refractivity contribution < 1.29 is 0 Å². The Bertz CT molecular complexity index is 746. The first-order valence-electron chi connectivity index (χ1n) is 6.10. The van der Waals surface area contributed by atoms with Crippen LogP contribution in [-0.4, -0.2) is 31.6 Å². The molecule has 1 N–H and O–H groups in total. The van der Waals surface area contributed by atoms with Crippen LogP contribution in [0.1, 0.15) is 0 Å². The number of halogens is 1. The highest BCUT2D eigenvalue weighted by atomic mass is 35.5. The molecular formula is C13H11ClN6S. The zero-order chi connectivity index (χ0) is 14.7. The van der Waals surface area contributed by atoms with Crippen LogP contribution in [0, 0.1) is 0 Å². The highest BCUT2D eigenvalue weighted by Crippen LogP contribution is 2.27. The molecule has 1 aromatic carbocycles. The molecule has 3 rings (SSSR count). The van der Waals surface area contributed by atoms with Crippen LogP contribution in [0.25, 0.3) is 5.95 Å². The largest absolute Gasteiger partial charge is 0.357 e. The molecule has 0 bridgehead atoms. The minimum atomic E-state index is 0.498. The van der Waals surface area contributed by atoms with Crippen molar-refractivity contribution in [2.24, 2.45) is 0 Å². The molecule has 3 aromatic rings. The van der Waals surface area contributed by atoms with Gasteiger partial charge in [0, 0.05) is 29.4 Å². The minimum Gasteiger partial charge on any atom is -0.357 e. The van der Waals surface area contributed by atoms with E-state index in [1.807, 2.05) is 24.3 Å². The third-order valence-electron chi connectivity index (χ3n) is 2.57. The van der Waals surface area contributed by atoms with E-state index in [-0.39, 0.29) is 0 Å². The van der Waals surface area contributed by atoms with Crippen molar-refractivity contribution in [3.63, 3.8) is 0 Å². The van der Waals surface area contributed by atoms with Gasteiger partial charge in [-0.3, -0.25) is 4.57 Å². The van der Waals surface area contributed by atoms with Crippen molar-refractivity contribution in [2.45, 2.75) is 10.1 Å². The van der Waals surface area contributed by atoms with Crippen LogP contribution in [0.15, 0.2) is 53.0 Å². The summed E-state index contributed by atoms with van der Waals surface area (Å²) in [6.07, 6.45) is 5.10. The molecule has 0 spiro atoms. The Hall–Kier alpha value is -2.12. The van der Waals surface area contributed by atoms with Gasteiger partial charge in [0.1, 0.15) is 6.33 Å². The standard InChI is InChI=1S/C13H11ClN6S/c1-15-11-17-12(20-6-5-16-8-20)19-13(18-11)21-10-4-2-3-9(14)7-10/h2-8H,1H3,(H,15,17,18,19). The maximum atomic E-state index is 5.99. The van der Waals surface area contributed by atoms with Gasteiger partial charge in [0.15, 0.2) is 5.16 Å². The van der Waals surface area contributed by atoms with Gasteiger partial charge in [0.2, 0.25) is 11.9 Å². The van der Waals surface area contributed by atoms with E-state index >= 15 is 0 Å². The third kappa shape index (κ3) is 3.32. The number of aromatic nitrogens is 5. The van der Waals surface area contributed by atoms with E-state index in [4.69, 9.17) is 11.6 Å². The number of nitrogens with one attached hydrogen (secondary N) is 1. The number of hydrogen-bond donors (Lipinski definition) is 1. The molecule has 8 heteroatoms. The van der Waals surface area contributed by atoms with Gasteiger partial charge in [-0.25, -0.2) is 4.98 Å². The molecule has 0 fully saturated rings. The van der Waals surface area contributed by atoms with Gasteiger partial charge in [-0.05, 0) is 30.0 Å². The second-order valence-corrected chi connectivity index (χ2v) is 5.50. The van der Waals surface area contributed by atoms with Gasteiger partial charge >= 0.3 is 0 Å². The fourth-order valence-corrected chi connectivity index (χ4v) is 2.69. The molecule has 0 saturated carbocycles. The molecule has 0 unspecified atom stereocenters. The summed E-state index contributed by atoms with van der Waals surface area (Å²) >= 11 is 7.41. The Kier molecular flexibility index (Phi) is 4.03. The second kappa shape index (κ2) is 6.11. The summed E-state index contributed by atoms with van der Waals surface area (Å²) < 4.78 is 1.73. The van der Waals surface area contributed by atoms with Gasteiger partial charge in [-0.2, -0.15) is 15.0 Å².